The third kappa shape index (κ3) is 6.05. The number of halogens is 1. The average Bonchev–Trinajstić information content (AvgIpc) is 2.96. The summed E-state index contributed by atoms with van der Waals surface area (Å²) in [5.74, 6) is 2.48. The molecule has 126 valence electrons. The first-order chi connectivity index (χ1) is 10.7. The molecule has 2 aromatic rings. The van der Waals surface area contributed by atoms with E-state index in [9.17, 15) is 0 Å². The Hall–Kier alpha value is -1.84. The van der Waals surface area contributed by atoms with Crippen molar-refractivity contribution in [3.8, 4) is 5.75 Å². The minimum Gasteiger partial charge on any atom is -0.497 e. The molecule has 1 heterocycles. The molecule has 0 bridgehead atoms. The highest BCUT2D eigenvalue weighted by atomic mass is 127. The van der Waals surface area contributed by atoms with E-state index < -0.39 is 0 Å². The molecule has 0 aliphatic heterocycles. The predicted octanol–water partition coefficient (Wildman–Crippen LogP) is 1.35. The van der Waals surface area contributed by atoms with Gasteiger partial charge in [-0.15, -0.1) is 34.2 Å². The van der Waals surface area contributed by atoms with Crippen LogP contribution in [0.5, 0.6) is 5.75 Å². The van der Waals surface area contributed by atoms with Gasteiger partial charge in [0.15, 0.2) is 11.8 Å². The number of nitrogens with zero attached hydrogens (tertiary/aromatic N) is 4. The largest absolute Gasteiger partial charge is 0.497 e. The number of aromatic nitrogens is 3. The Morgan fingerprint density at radius 3 is 2.57 bits per heavy atom. The molecule has 0 unspecified atom stereocenters. The van der Waals surface area contributed by atoms with Crippen molar-refractivity contribution < 1.29 is 4.74 Å². The van der Waals surface area contributed by atoms with Crippen LogP contribution in [0.25, 0.3) is 0 Å². The molecule has 0 fully saturated rings. The van der Waals surface area contributed by atoms with Gasteiger partial charge in [0, 0.05) is 20.6 Å². The molecule has 0 spiro atoms. The highest BCUT2D eigenvalue weighted by Gasteiger charge is 2.02. The summed E-state index contributed by atoms with van der Waals surface area (Å²) in [6.07, 6.45) is 2.59. The molecule has 0 saturated heterocycles. The quantitative estimate of drug-likeness (QED) is 0.411. The second-order valence-electron chi connectivity index (χ2n) is 4.81. The van der Waals surface area contributed by atoms with Crippen molar-refractivity contribution in [2.75, 3.05) is 20.7 Å². The molecule has 2 rings (SSSR count). The number of benzene rings is 1. The number of nitrogens with one attached hydrogen (secondary N) is 2. The van der Waals surface area contributed by atoms with Crippen molar-refractivity contribution in [3.05, 3.63) is 42.0 Å². The molecule has 0 aliphatic rings. The lowest BCUT2D eigenvalue weighted by Crippen LogP contribution is -2.38. The molecule has 7 nitrogen and oxygen atoms in total. The van der Waals surface area contributed by atoms with Crippen molar-refractivity contribution in [3.63, 3.8) is 0 Å². The van der Waals surface area contributed by atoms with Crippen LogP contribution in [-0.2, 0) is 20.0 Å². The van der Waals surface area contributed by atoms with Crippen LogP contribution >= 0.6 is 24.0 Å². The molecule has 23 heavy (non-hydrogen) atoms. The lowest BCUT2D eigenvalue weighted by Gasteiger charge is -2.11. The van der Waals surface area contributed by atoms with Crippen LogP contribution in [0.4, 0.5) is 0 Å². The maximum absolute atomic E-state index is 5.15. The van der Waals surface area contributed by atoms with Crippen LogP contribution in [0.15, 0.2) is 35.6 Å². The van der Waals surface area contributed by atoms with Crippen molar-refractivity contribution in [1.82, 2.24) is 25.4 Å². The number of aliphatic imine (C=N–C) groups is 1. The summed E-state index contributed by atoms with van der Waals surface area (Å²) < 4.78 is 7.02. The van der Waals surface area contributed by atoms with Gasteiger partial charge in [0.05, 0.1) is 13.7 Å². The van der Waals surface area contributed by atoms with Crippen LogP contribution in [-0.4, -0.2) is 41.4 Å². The van der Waals surface area contributed by atoms with E-state index in [-0.39, 0.29) is 24.0 Å². The minimum absolute atomic E-state index is 0. The Labute approximate surface area is 153 Å². The van der Waals surface area contributed by atoms with Gasteiger partial charge in [0.25, 0.3) is 0 Å². The minimum atomic E-state index is 0. The number of hydrogen-bond donors (Lipinski definition) is 2. The van der Waals surface area contributed by atoms with E-state index in [0.29, 0.717) is 6.54 Å². The zero-order valence-corrected chi connectivity index (χ0v) is 15.9. The van der Waals surface area contributed by atoms with E-state index in [1.165, 1.54) is 5.56 Å². The molecular formula is C15H23IN6O. The van der Waals surface area contributed by atoms with E-state index in [4.69, 9.17) is 4.74 Å². The summed E-state index contributed by atoms with van der Waals surface area (Å²) in [6.45, 7) is 1.38. The maximum atomic E-state index is 5.15. The Kier molecular flexibility index (Phi) is 8.38. The van der Waals surface area contributed by atoms with E-state index in [2.05, 4.69) is 38.0 Å². The second kappa shape index (κ2) is 10.0. The van der Waals surface area contributed by atoms with Crippen molar-refractivity contribution in [2.24, 2.45) is 12.0 Å². The summed E-state index contributed by atoms with van der Waals surface area (Å²) in [4.78, 5) is 4.19. The van der Waals surface area contributed by atoms with E-state index in [1.54, 1.807) is 20.5 Å². The van der Waals surface area contributed by atoms with Gasteiger partial charge in [-0.3, -0.25) is 4.99 Å². The van der Waals surface area contributed by atoms with E-state index in [0.717, 1.165) is 30.5 Å². The van der Waals surface area contributed by atoms with Gasteiger partial charge in [-0.05, 0) is 24.1 Å². The van der Waals surface area contributed by atoms with Gasteiger partial charge >= 0.3 is 0 Å². The van der Waals surface area contributed by atoms with E-state index in [1.807, 2.05) is 23.7 Å². The fourth-order valence-corrected chi connectivity index (χ4v) is 1.97. The number of rotatable bonds is 6. The van der Waals surface area contributed by atoms with Gasteiger partial charge < -0.3 is 19.9 Å². The summed E-state index contributed by atoms with van der Waals surface area (Å²) in [5.41, 5.74) is 1.25. The maximum Gasteiger partial charge on any atom is 0.191 e. The van der Waals surface area contributed by atoms with Crippen molar-refractivity contribution >= 4 is 29.9 Å². The van der Waals surface area contributed by atoms with Crippen molar-refractivity contribution in [2.45, 2.75) is 13.0 Å². The molecule has 0 aliphatic carbocycles. The van der Waals surface area contributed by atoms with Gasteiger partial charge in [-0.1, -0.05) is 12.1 Å². The Balaban J connectivity index is 0.00000264. The number of hydrogen-bond acceptors (Lipinski definition) is 4. The van der Waals surface area contributed by atoms with Crippen LogP contribution in [0, 0.1) is 0 Å². The van der Waals surface area contributed by atoms with Gasteiger partial charge in [0.1, 0.15) is 12.1 Å². The van der Waals surface area contributed by atoms with Crippen LogP contribution in [0.2, 0.25) is 0 Å². The first-order valence-corrected chi connectivity index (χ1v) is 7.13. The SMILES string of the molecule is CN=C(NCCc1ccc(OC)cc1)NCc1nncn1C.I. The highest BCUT2D eigenvalue weighted by molar-refractivity contribution is 14.0. The van der Waals surface area contributed by atoms with Crippen LogP contribution in [0.1, 0.15) is 11.4 Å². The monoisotopic (exact) mass is 430 g/mol. The smallest absolute Gasteiger partial charge is 0.191 e. The first-order valence-electron chi connectivity index (χ1n) is 7.13. The summed E-state index contributed by atoms with van der Waals surface area (Å²) in [6, 6.07) is 8.07. The fraction of sp³-hybridized carbons (Fsp3) is 0.400. The lowest BCUT2D eigenvalue weighted by molar-refractivity contribution is 0.414. The average molecular weight is 430 g/mol. The van der Waals surface area contributed by atoms with E-state index >= 15 is 0 Å². The molecule has 8 heteroatoms. The van der Waals surface area contributed by atoms with Crippen LogP contribution in [0.3, 0.4) is 0 Å². The number of ether oxygens (including phenoxy) is 1. The standard InChI is InChI=1S/C15H22N6O.HI/c1-16-15(18-10-14-20-19-11-21(14)2)17-9-8-12-4-6-13(22-3)7-5-12;/h4-7,11H,8-10H2,1-3H3,(H2,16,17,18);1H. The molecular weight excluding hydrogens is 407 g/mol. The number of guanidine groups is 1. The van der Waals surface area contributed by atoms with Crippen LogP contribution < -0.4 is 15.4 Å². The summed E-state index contributed by atoms with van der Waals surface area (Å²) >= 11 is 0. The Morgan fingerprint density at radius 2 is 2.00 bits per heavy atom. The van der Waals surface area contributed by atoms with Crippen molar-refractivity contribution in [1.29, 1.82) is 0 Å². The fourth-order valence-electron chi connectivity index (χ4n) is 1.97. The predicted molar refractivity (Wildman–Crippen MR) is 101 cm³/mol. The zero-order chi connectivity index (χ0) is 15.8. The molecule has 1 aromatic heterocycles. The number of methoxy groups -OCH3 is 1. The Bertz CT molecular complexity index is 611. The van der Waals surface area contributed by atoms with Gasteiger partial charge in [-0.2, -0.15) is 0 Å². The molecule has 0 atom stereocenters. The molecule has 2 N–H and O–H groups in total. The molecule has 1 aromatic carbocycles. The summed E-state index contributed by atoms with van der Waals surface area (Å²) in [5, 5.41) is 14.4. The third-order valence-corrected chi connectivity index (χ3v) is 3.31. The lowest BCUT2D eigenvalue weighted by atomic mass is 10.1. The topological polar surface area (TPSA) is 76.4 Å². The van der Waals surface area contributed by atoms with Gasteiger partial charge in [-0.25, -0.2) is 0 Å². The molecule has 0 amide bonds. The normalized spacial score (nSPS) is 10.8. The molecule has 0 saturated carbocycles. The zero-order valence-electron chi connectivity index (χ0n) is 13.6. The van der Waals surface area contributed by atoms with Gasteiger partial charge in [0.2, 0.25) is 0 Å². The first kappa shape index (κ1) is 19.2. The summed E-state index contributed by atoms with van der Waals surface area (Å²) in [7, 11) is 5.33. The highest BCUT2D eigenvalue weighted by Crippen LogP contribution is 2.11. The Morgan fingerprint density at radius 1 is 1.26 bits per heavy atom. The third-order valence-electron chi connectivity index (χ3n) is 3.31. The number of aryl methyl sites for hydroxylation is 1. The molecule has 0 radical (unpaired) electrons. The second-order valence-corrected chi connectivity index (χ2v) is 4.81.